The average molecular weight is 210 g/mol. The minimum Gasteiger partial charge on any atom is -0.325 e. The van der Waals surface area contributed by atoms with Gasteiger partial charge in [0.25, 0.3) is 0 Å². The number of carbonyl (C=O) groups is 2. The molecule has 2 aliphatic rings. The highest BCUT2D eigenvalue weighted by atomic mass is 16.2. The van der Waals surface area contributed by atoms with Gasteiger partial charge in [0.1, 0.15) is 5.78 Å². The van der Waals surface area contributed by atoms with E-state index >= 15 is 0 Å². The molecule has 84 valence electrons. The number of hydrogen-bond acceptors (Lipinski definition) is 2. The van der Waals surface area contributed by atoms with Gasteiger partial charge < -0.3 is 9.80 Å². The summed E-state index contributed by atoms with van der Waals surface area (Å²) in [4.78, 5) is 26.8. The molecule has 0 bridgehead atoms. The lowest BCUT2D eigenvalue weighted by Crippen LogP contribution is -2.48. The van der Waals surface area contributed by atoms with Crippen LogP contribution in [0.4, 0.5) is 4.79 Å². The number of amides is 2. The third kappa shape index (κ3) is 2.49. The number of ketones is 1. The third-order valence-corrected chi connectivity index (χ3v) is 3.22. The van der Waals surface area contributed by atoms with Crippen LogP contribution in [0.15, 0.2) is 0 Å². The van der Waals surface area contributed by atoms with Gasteiger partial charge in [0.15, 0.2) is 0 Å². The maximum absolute atomic E-state index is 12.0. The molecule has 0 aromatic rings. The zero-order valence-electron chi connectivity index (χ0n) is 9.07. The highest BCUT2D eigenvalue weighted by Gasteiger charge is 2.25. The summed E-state index contributed by atoms with van der Waals surface area (Å²) in [7, 11) is 0. The molecular weight excluding hydrogens is 192 g/mol. The molecule has 4 heteroatoms. The maximum atomic E-state index is 12.0. The van der Waals surface area contributed by atoms with Crippen LogP contribution in [0, 0.1) is 0 Å². The molecular formula is C11H18N2O2. The summed E-state index contributed by atoms with van der Waals surface area (Å²) in [6.45, 7) is 3.02. The van der Waals surface area contributed by atoms with Gasteiger partial charge in [0.05, 0.1) is 0 Å². The van der Waals surface area contributed by atoms with Crippen LogP contribution in [-0.2, 0) is 4.79 Å². The molecule has 0 radical (unpaired) electrons. The molecule has 0 saturated carbocycles. The number of piperidine rings is 2. The molecule has 2 heterocycles. The summed E-state index contributed by atoms with van der Waals surface area (Å²) in [6, 6.07) is 0.141. The lowest BCUT2D eigenvalue weighted by atomic mass is 10.1. The Bertz CT molecular complexity index is 249. The molecule has 2 rings (SSSR count). The second-order valence-electron chi connectivity index (χ2n) is 4.36. The van der Waals surface area contributed by atoms with E-state index in [4.69, 9.17) is 0 Å². The van der Waals surface area contributed by atoms with Crippen LogP contribution in [0.1, 0.15) is 32.1 Å². The first-order valence-electron chi connectivity index (χ1n) is 5.83. The molecule has 4 nitrogen and oxygen atoms in total. The molecule has 0 atom stereocenters. The van der Waals surface area contributed by atoms with E-state index < -0.39 is 0 Å². The van der Waals surface area contributed by atoms with Crippen molar-refractivity contribution >= 4 is 11.8 Å². The Morgan fingerprint density at radius 2 is 1.40 bits per heavy atom. The highest BCUT2D eigenvalue weighted by molar-refractivity contribution is 5.82. The maximum Gasteiger partial charge on any atom is 0.320 e. The van der Waals surface area contributed by atoms with E-state index in [1.807, 2.05) is 9.80 Å². The Kier molecular flexibility index (Phi) is 3.23. The summed E-state index contributed by atoms with van der Waals surface area (Å²) < 4.78 is 0. The summed E-state index contributed by atoms with van der Waals surface area (Å²) in [5.41, 5.74) is 0. The zero-order chi connectivity index (χ0) is 10.7. The summed E-state index contributed by atoms with van der Waals surface area (Å²) in [5, 5.41) is 0. The second kappa shape index (κ2) is 4.64. The highest BCUT2D eigenvalue weighted by Crippen LogP contribution is 2.14. The van der Waals surface area contributed by atoms with E-state index in [1.165, 1.54) is 6.42 Å². The van der Waals surface area contributed by atoms with Crippen LogP contribution >= 0.6 is 0 Å². The molecule has 0 aromatic heterocycles. The van der Waals surface area contributed by atoms with Gasteiger partial charge in [-0.1, -0.05) is 0 Å². The molecule has 15 heavy (non-hydrogen) atoms. The fourth-order valence-corrected chi connectivity index (χ4v) is 2.23. The molecule has 0 N–H and O–H groups in total. The fraction of sp³-hybridized carbons (Fsp3) is 0.818. The van der Waals surface area contributed by atoms with Crippen LogP contribution in [-0.4, -0.2) is 47.8 Å². The van der Waals surface area contributed by atoms with E-state index in [0.29, 0.717) is 25.9 Å². The Labute approximate surface area is 90.2 Å². The van der Waals surface area contributed by atoms with Crippen molar-refractivity contribution in [3.8, 4) is 0 Å². The van der Waals surface area contributed by atoms with Crippen LogP contribution in [0.2, 0.25) is 0 Å². The first kappa shape index (κ1) is 10.5. The van der Waals surface area contributed by atoms with Crippen LogP contribution in [0.5, 0.6) is 0 Å². The zero-order valence-corrected chi connectivity index (χ0v) is 9.07. The van der Waals surface area contributed by atoms with E-state index in [2.05, 4.69) is 0 Å². The number of urea groups is 1. The van der Waals surface area contributed by atoms with Crippen molar-refractivity contribution in [1.29, 1.82) is 0 Å². The lowest BCUT2D eigenvalue weighted by Gasteiger charge is -2.34. The molecule has 2 fully saturated rings. The van der Waals surface area contributed by atoms with Gasteiger partial charge in [-0.25, -0.2) is 4.79 Å². The van der Waals surface area contributed by atoms with Crippen molar-refractivity contribution in [1.82, 2.24) is 9.80 Å². The number of likely N-dealkylation sites (tertiary alicyclic amines) is 2. The Morgan fingerprint density at radius 3 is 2.00 bits per heavy atom. The number of Topliss-reactive ketones (excluding diaryl/α,β-unsaturated/α-hetero) is 1. The SMILES string of the molecule is O=C1CCN(C(=O)N2CCCCC2)CC1. The largest absolute Gasteiger partial charge is 0.325 e. The summed E-state index contributed by atoms with van der Waals surface area (Å²) >= 11 is 0. The van der Waals surface area contributed by atoms with Gasteiger partial charge in [0.2, 0.25) is 0 Å². The first-order chi connectivity index (χ1) is 7.27. The standard InChI is InChI=1S/C11H18N2O2/c14-10-4-8-13(9-5-10)11(15)12-6-2-1-3-7-12/h1-9H2. The minimum atomic E-state index is 0.141. The van der Waals surface area contributed by atoms with Gasteiger partial charge in [0, 0.05) is 39.0 Å². The second-order valence-corrected chi connectivity index (χ2v) is 4.36. The lowest BCUT2D eigenvalue weighted by molar-refractivity contribution is -0.121. The molecule has 2 saturated heterocycles. The van der Waals surface area contributed by atoms with Gasteiger partial charge in [-0.2, -0.15) is 0 Å². The topological polar surface area (TPSA) is 40.6 Å². The first-order valence-corrected chi connectivity index (χ1v) is 5.83. The third-order valence-electron chi connectivity index (χ3n) is 3.22. The number of hydrogen-bond donors (Lipinski definition) is 0. The van der Waals surface area contributed by atoms with Crippen LogP contribution in [0.3, 0.4) is 0 Å². The van der Waals surface area contributed by atoms with Crippen molar-refractivity contribution in [3.63, 3.8) is 0 Å². The monoisotopic (exact) mass is 210 g/mol. The summed E-state index contributed by atoms with van der Waals surface area (Å²) in [6.07, 6.45) is 4.57. The average Bonchev–Trinajstić information content (AvgIpc) is 2.30. The Morgan fingerprint density at radius 1 is 0.867 bits per heavy atom. The normalized spacial score (nSPS) is 23.1. The smallest absolute Gasteiger partial charge is 0.320 e. The van der Waals surface area contributed by atoms with Crippen molar-refractivity contribution in [2.24, 2.45) is 0 Å². The van der Waals surface area contributed by atoms with E-state index in [1.54, 1.807) is 0 Å². The van der Waals surface area contributed by atoms with Gasteiger partial charge >= 0.3 is 6.03 Å². The van der Waals surface area contributed by atoms with E-state index in [9.17, 15) is 9.59 Å². The molecule has 2 amide bonds. The van der Waals surface area contributed by atoms with E-state index in [0.717, 1.165) is 25.9 Å². The molecule has 0 aromatic carbocycles. The fourth-order valence-electron chi connectivity index (χ4n) is 2.23. The Hall–Kier alpha value is -1.06. The van der Waals surface area contributed by atoms with Crippen LogP contribution in [0.25, 0.3) is 0 Å². The van der Waals surface area contributed by atoms with Gasteiger partial charge in [-0.05, 0) is 19.3 Å². The molecule has 0 aliphatic carbocycles. The minimum absolute atomic E-state index is 0.141. The number of rotatable bonds is 0. The van der Waals surface area contributed by atoms with Gasteiger partial charge in [-0.15, -0.1) is 0 Å². The van der Waals surface area contributed by atoms with Crippen molar-refractivity contribution < 1.29 is 9.59 Å². The molecule has 0 spiro atoms. The quantitative estimate of drug-likeness (QED) is 0.604. The number of carbonyl (C=O) groups excluding carboxylic acids is 2. The van der Waals surface area contributed by atoms with Crippen LogP contribution < -0.4 is 0 Å². The number of nitrogens with zero attached hydrogens (tertiary/aromatic N) is 2. The van der Waals surface area contributed by atoms with Crippen molar-refractivity contribution in [2.75, 3.05) is 26.2 Å². The predicted octanol–water partition coefficient (Wildman–Crippen LogP) is 1.26. The molecule has 2 aliphatic heterocycles. The van der Waals surface area contributed by atoms with Gasteiger partial charge in [-0.3, -0.25) is 4.79 Å². The summed E-state index contributed by atoms with van der Waals surface area (Å²) in [5.74, 6) is 0.290. The molecule has 0 unspecified atom stereocenters. The predicted molar refractivity (Wildman–Crippen MR) is 56.6 cm³/mol. The van der Waals surface area contributed by atoms with Crippen molar-refractivity contribution in [3.05, 3.63) is 0 Å². The van der Waals surface area contributed by atoms with E-state index in [-0.39, 0.29) is 11.8 Å². The Balaban J connectivity index is 1.86. The van der Waals surface area contributed by atoms with Crippen molar-refractivity contribution in [2.45, 2.75) is 32.1 Å².